The molecule has 1 atom stereocenters. The lowest BCUT2D eigenvalue weighted by atomic mass is 10.1. The van der Waals surface area contributed by atoms with E-state index < -0.39 is 5.60 Å². The molecule has 3 N–H and O–H groups in total. The van der Waals surface area contributed by atoms with Crippen molar-refractivity contribution in [2.24, 2.45) is 7.05 Å². The molecule has 0 saturated carbocycles. The first-order valence-corrected chi connectivity index (χ1v) is 5.54. The molecule has 0 radical (unpaired) electrons. The molecule has 0 saturated heterocycles. The fourth-order valence-corrected chi connectivity index (χ4v) is 1.55. The van der Waals surface area contributed by atoms with E-state index in [1.807, 2.05) is 13.2 Å². The van der Waals surface area contributed by atoms with E-state index in [1.165, 1.54) is 0 Å². The zero-order valence-electron chi connectivity index (χ0n) is 10.2. The van der Waals surface area contributed by atoms with Crippen molar-refractivity contribution in [3.63, 3.8) is 0 Å². The molecule has 1 rings (SSSR count). The molecule has 0 bridgehead atoms. The van der Waals surface area contributed by atoms with Gasteiger partial charge in [0.2, 0.25) is 0 Å². The Hall–Kier alpha value is -0.910. The highest BCUT2D eigenvalue weighted by Gasteiger charge is 2.18. The van der Waals surface area contributed by atoms with Crippen molar-refractivity contribution in [1.29, 1.82) is 0 Å². The standard InChI is InChI=1S/C11H21N3O2/c1-4-10-9(6-14(3)13-10)5-12-7-11(2,16)8-15/h6,12,15-16H,4-5,7-8H2,1-3H3. The second-order valence-electron chi connectivity index (χ2n) is 4.39. The molecule has 92 valence electrons. The predicted octanol–water partition coefficient (Wildman–Crippen LogP) is -0.185. The Morgan fingerprint density at radius 2 is 2.25 bits per heavy atom. The Bertz CT molecular complexity index is 334. The maximum absolute atomic E-state index is 9.60. The van der Waals surface area contributed by atoms with Gasteiger partial charge < -0.3 is 15.5 Å². The number of aliphatic hydroxyl groups excluding tert-OH is 1. The molecule has 1 unspecified atom stereocenters. The summed E-state index contributed by atoms with van der Waals surface area (Å²) in [6.07, 6.45) is 2.87. The SMILES string of the molecule is CCc1nn(C)cc1CNCC(C)(O)CO. The fourth-order valence-electron chi connectivity index (χ4n) is 1.55. The van der Waals surface area contributed by atoms with Crippen molar-refractivity contribution in [1.82, 2.24) is 15.1 Å². The third-order valence-corrected chi connectivity index (χ3v) is 2.49. The maximum Gasteiger partial charge on any atom is 0.0972 e. The van der Waals surface area contributed by atoms with E-state index in [0.29, 0.717) is 13.1 Å². The Kier molecular flexibility index (Phi) is 4.46. The van der Waals surface area contributed by atoms with E-state index in [9.17, 15) is 5.11 Å². The van der Waals surface area contributed by atoms with Crippen LogP contribution < -0.4 is 5.32 Å². The van der Waals surface area contributed by atoms with Crippen LogP contribution in [0.15, 0.2) is 6.20 Å². The van der Waals surface area contributed by atoms with Crippen LogP contribution >= 0.6 is 0 Å². The summed E-state index contributed by atoms with van der Waals surface area (Å²) in [6.45, 7) is 4.45. The Morgan fingerprint density at radius 3 is 2.81 bits per heavy atom. The zero-order chi connectivity index (χ0) is 12.2. The molecule has 16 heavy (non-hydrogen) atoms. The topological polar surface area (TPSA) is 70.3 Å². The first-order valence-electron chi connectivity index (χ1n) is 5.54. The highest BCUT2D eigenvalue weighted by Crippen LogP contribution is 2.07. The molecule has 0 aliphatic heterocycles. The van der Waals surface area contributed by atoms with Crippen LogP contribution in [0.2, 0.25) is 0 Å². The monoisotopic (exact) mass is 227 g/mol. The van der Waals surface area contributed by atoms with Crippen molar-refractivity contribution >= 4 is 0 Å². The highest BCUT2D eigenvalue weighted by molar-refractivity contribution is 5.16. The zero-order valence-corrected chi connectivity index (χ0v) is 10.2. The third kappa shape index (κ3) is 3.59. The van der Waals surface area contributed by atoms with Gasteiger partial charge >= 0.3 is 0 Å². The van der Waals surface area contributed by atoms with Gasteiger partial charge in [-0.05, 0) is 13.3 Å². The average molecular weight is 227 g/mol. The lowest BCUT2D eigenvalue weighted by molar-refractivity contribution is 0.00253. The number of rotatable bonds is 6. The molecule has 0 amide bonds. The van der Waals surface area contributed by atoms with Gasteiger partial charge in [0.15, 0.2) is 0 Å². The van der Waals surface area contributed by atoms with Crippen LogP contribution in [0.25, 0.3) is 0 Å². The molecule has 1 heterocycles. The minimum absolute atomic E-state index is 0.242. The van der Waals surface area contributed by atoms with Crippen molar-refractivity contribution < 1.29 is 10.2 Å². The lowest BCUT2D eigenvalue weighted by Gasteiger charge is -2.20. The number of hydrogen-bond donors (Lipinski definition) is 3. The second-order valence-corrected chi connectivity index (χ2v) is 4.39. The summed E-state index contributed by atoms with van der Waals surface area (Å²) in [7, 11) is 1.90. The van der Waals surface area contributed by atoms with Crippen molar-refractivity contribution in [2.45, 2.75) is 32.4 Å². The summed E-state index contributed by atoms with van der Waals surface area (Å²) in [5.74, 6) is 0. The van der Waals surface area contributed by atoms with Gasteiger partial charge in [-0.3, -0.25) is 4.68 Å². The molecule has 5 nitrogen and oxygen atoms in total. The summed E-state index contributed by atoms with van der Waals surface area (Å²) < 4.78 is 1.79. The van der Waals surface area contributed by atoms with Crippen LogP contribution in [0.4, 0.5) is 0 Å². The van der Waals surface area contributed by atoms with Crippen LogP contribution in [0, 0.1) is 0 Å². The minimum Gasteiger partial charge on any atom is -0.393 e. The first-order chi connectivity index (χ1) is 7.48. The number of aliphatic hydroxyl groups is 2. The van der Waals surface area contributed by atoms with Gasteiger partial charge in [0.25, 0.3) is 0 Å². The number of nitrogens with one attached hydrogen (secondary N) is 1. The van der Waals surface area contributed by atoms with E-state index in [-0.39, 0.29) is 6.61 Å². The molecule has 0 spiro atoms. The quantitative estimate of drug-likeness (QED) is 0.630. The van der Waals surface area contributed by atoms with Gasteiger partial charge in [-0.25, -0.2) is 0 Å². The second kappa shape index (κ2) is 5.43. The Morgan fingerprint density at radius 1 is 1.56 bits per heavy atom. The van der Waals surface area contributed by atoms with Gasteiger partial charge in [-0.15, -0.1) is 0 Å². The number of nitrogens with zero attached hydrogens (tertiary/aromatic N) is 2. The summed E-state index contributed by atoms with van der Waals surface area (Å²) >= 11 is 0. The molecule has 1 aromatic heterocycles. The number of aromatic nitrogens is 2. The van der Waals surface area contributed by atoms with Crippen molar-refractivity contribution in [3.8, 4) is 0 Å². The molecule has 0 aromatic carbocycles. The molecule has 0 aliphatic carbocycles. The largest absolute Gasteiger partial charge is 0.393 e. The van der Waals surface area contributed by atoms with Crippen LogP contribution in [-0.2, 0) is 20.0 Å². The minimum atomic E-state index is -1.06. The van der Waals surface area contributed by atoms with E-state index in [2.05, 4.69) is 17.3 Å². The van der Waals surface area contributed by atoms with E-state index >= 15 is 0 Å². The molecule has 1 aromatic rings. The van der Waals surface area contributed by atoms with Crippen LogP contribution in [-0.4, -0.2) is 38.7 Å². The summed E-state index contributed by atoms with van der Waals surface area (Å²) in [4.78, 5) is 0. The molecular weight excluding hydrogens is 206 g/mol. The van der Waals surface area contributed by atoms with Crippen LogP contribution in [0.1, 0.15) is 25.1 Å². The third-order valence-electron chi connectivity index (χ3n) is 2.49. The van der Waals surface area contributed by atoms with Crippen molar-refractivity contribution in [3.05, 3.63) is 17.5 Å². The highest BCUT2D eigenvalue weighted by atomic mass is 16.3. The first kappa shape index (κ1) is 13.2. The van der Waals surface area contributed by atoms with E-state index in [4.69, 9.17) is 5.11 Å². The summed E-state index contributed by atoms with van der Waals surface area (Å²) in [6, 6.07) is 0. The maximum atomic E-state index is 9.60. The lowest BCUT2D eigenvalue weighted by Crippen LogP contribution is -2.40. The molecular formula is C11H21N3O2. The summed E-state index contributed by atoms with van der Waals surface area (Å²) in [5.41, 5.74) is 1.14. The Labute approximate surface area is 96.1 Å². The van der Waals surface area contributed by atoms with Crippen LogP contribution in [0.3, 0.4) is 0 Å². The van der Waals surface area contributed by atoms with Gasteiger partial charge in [0.05, 0.1) is 17.9 Å². The van der Waals surface area contributed by atoms with Gasteiger partial charge in [-0.2, -0.15) is 5.10 Å². The molecule has 0 aliphatic rings. The van der Waals surface area contributed by atoms with E-state index in [0.717, 1.165) is 17.7 Å². The average Bonchev–Trinajstić information content (AvgIpc) is 2.59. The van der Waals surface area contributed by atoms with Gasteiger partial charge in [-0.1, -0.05) is 6.92 Å². The number of aryl methyl sites for hydroxylation is 2. The molecule has 0 fully saturated rings. The Balaban J connectivity index is 2.48. The smallest absolute Gasteiger partial charge is 0.0972 e. The van der Waals surface area contributed by atoms with Crippen LogP contribution in [0.5, 0.6) is 0 Å². The van der Waals surface area contributed by atoms with Gasteiger partial charge in [0.1, 0.15) is 0 Å². The normalized spacial score (nSPS) is 15.1. The van der Waals surface area contributed by atoms with Crippen molar-refractivity contribution in [2.75, 3.05) is 13.2 Å². The van der Waals surface area contributed by atoms with Gasteiger partial charge in [0, 0.05) is 31.9 Å². The number of hydrogen-bond acceptors (Lipinski definition) is 4. The predicted molar refractivity (Wildman–Crippen MR) is 62.0 cm³/mol. The molecule has 5 heteroatoms. The fraction of sp³-hybridized carbons (Fsp3) is 0.727. The van der Waals surface area contributed by atoms with E-state index in [1.54, 1.807) is 11.6 Å². The summed E-state index contributed by atoms with van der Waals surface area (Å²) in [5, 5.41) is 25.9.